The van der Waals surface area contributed by atoms with Gasteiger partial charge < -0.3 is 10.0 Å². The maximum atomic E-state index is 12.5. The van der Waals surface area contributed by atoms with Crippen LogP contribution >= 0.6 is 0 Å². The highest BCUT2D eigenvalue weighted by atomic mass is 16.3. The number of carbonyl (C=O) groups is 1. The molecular formula is C20H30N2O2. The molecular weight excluding hydrogens is 300 g/mol. The molecule has 1 amide bonds. The lowest BCUT2D eigenvalue weighted by Crippen LogP contribution is -2.57. The van der Waals surface area contributed by atoms with Crippen LogP contribution in [0.15, 0.2) is 30.3 Å². The van der Waals surface area contributed by atoms with Crippen molar-refractivity contribution in [1.82, 2.24) is 9.80 Å². The summed E-state index contributed by atoms with van der Waals surface area (Å²) in [5.74, 6) is 0.169. The maximum Gasteiger partial charge on any atom is 0.220 e. The summed E-state index contributed by atoms with van der Waals surface area (Å²) in [7, 11) is 0. The molecule has 1 N–H and O–H groups in total. The van der Waals surface area contributed by atoms with Gasteiger partial charge in [-0.1, -0.05) is 43.2 Å². The molecule has 2 aliphatic rings. The van der Waals surface area contributed by atoms with Crippen LogP contribution in [0.2, 0.25) is 0 Å². The summed E-state index contributed by atoms with van der Waals surface area (Å²) >= 11 is 0. The monoisotopic (exact) mass is 330 g/mol. The number of nitrogens with zero attached hydrogens (tertiary/aromatic N) is 2. The molecule has 2 heterocycles. The van der Waals surface area contributed by atoms with E-state index >= 15 is 0 Å². The number of amides is 1. The molecule has 0 aliphatic carbocycles. The number of likely N-dealkylation sites (tertiary alicyclic amines) is 2. The molecule has 3 rings (SSSR count). The van der Waals surface area contributed by atoms with E-state index in [1.54, 1.807) is 6.92 Å². The van der Waals surface area contributed by atoms with Crippen LogP contribution in [-0.2, 0) is 4.79 Å². The molecule has 2 fully saturated rings. The zero-order chi connectivity index (χ0) is 17.2. The Kier molecular flexibility index (Phi) is 5.26. The molecule has 1 aromatic rings. The third-order valence-corrected chi connectivity index (χ3v) is 6.04. The molecule has 24 heavy (non-hydrogen) atoms. The zero-order valence-corrected chi connectivity index (χ0v) is 14.9. The highest BCUT2D eigenvalue weighted by Crippen LogP contribution is 2.47. The van der Waals surface area contributed by atoms with E-state index in [1.807, 2.05) is 6.07 Å². The summed E-state index contributed by atoms with van der Waals surface area (Å²) < 4.78 is 0. The number of rotatable bonds is 3. The first-order chi connectivity index (χ1) is 11.6. The Morgan fingerprint density at radius 2 is 2.00 bits per heavy atom. The minimum absolute atomic E-state index is 0.0602. The molecule has 2 aliphatic heterocycles. The number of carbonyl (C=O) groups excluding carboxylic acids is 1. The number of fused-ring (bicyclic) bond motifs is 1. The number of β-amino-alcohol motifs (C(OH)–C–C–N with tert-alkyl or cyclic N) is 1. The van der Waals surface area contributed by atoms with Gasteiger partial charge in [0.05, 0.1) is 18.7 Å². The zero-order valence-electron chi connectivity index (χ0n) is 14.9. The first-order valence-corrected chi connectivity index (χ1v) is 9.27. The number of aliphatic hydroxyl groups excluding tert-OH is 1. The summed E-state index contributed by atoms with van der Waals surface area (Å²) in [6, 6.07) is 10.8. The van der Waals surface area contributed by atoms with Crippen molar-refractivity contribution in [2.24, 2.45) is 0 Å². The van der Waals surface area contributed by atoms with E-state index in [0.717, 1.165) is 19.4 Å². The largest absolute Gasteiger partial charge is 0.395 e. The van der Waals surface area contributed by atoms with Gasteiger partial charge >= 0.3 is 0 Å². The SMILES string of the molecule is CC(=O)N1[C@H]2CCCCCN(CCO)[C@@]2(C)C[C@H]1c1ccccc1. The predicted molar refractivity (Wildman–Crippen MR) is 95.6 cm³/mol. The van der Waals surface area contributed by atoms with Crippen LogP contribution < -0.4 is 0 Å². The Bertz CT molecular complexity index is 562. The van der Waals surface area contributed by atoms with Gasteiger partial charge in [-0.2, -0.15) is 0 Å². The second-order valence-corrected chi connectivity index (χ2v) is 7.49. The van der Waals surface area contributed by atoms with Crippen molar-refractivity contribution in [1.29, 1.82) is 0 Å². The van der Waals surface area contributed by atoms with Gasteiger partial charge in [0.2, 0.25) is 5.91 Å². The Labute approximate surface area is 145 Å². The molecule has 1 aromatic carbocycles. The number of benzene rings is 1. The van der Waals surface area contributed by atoms with Crippen LogP contribution in [-0.4, -0.2) is 52.1 Å². The normalized spacial score (nSPS) is 31.4. The van der Waals surface area contributed by atoms with Crippen LogP contribution in [0.5, 0.6) is 0 Å². The Hall–Kier alpha value is -1.39. The fourth-order valence-corrected chi connectivity index (χ4v) is 4.89. The van der Waals surface area contributed by atoms with Crippen molar-refractivity contribution in [2.45, 2.75) is 63.6 Å². The summed E-state index contributed by atoms with van der Waals surface area (Å²) in [5, 5.41) is 9.55. The smallest absolute Gasteiger partial charge is 0.220 e. The summed E-state index contributed by atoms with van der Waals surface area (Å²) in [4.78, 5) is 17.1. The minimum atomic E-state index is -0.0602. The van der Waals surface area contributed by atoms with E-state index in [1.165, 1.54) is 24.8 Å². The lowest BCUT2D eigenvalue weighted by atomic mass is 9.83. The maximum absolute atomic E-state index is 12.5. The van der Waals surface area contributed by atoms with Crippen molar-refractivity contribution in [3.8, 4) is 0 Å². The molecule has 132 valence electrons. The van der Waals surface area contributed by atoms with Gasteiger partial charge in [0.15, 0.2) is 0 Å². The van der Waals surface area contributed by atoms with E-state index in [4.69, 9.17) is 0 Å². The van der Waals surface area contributed by atoms with Crippen molar-refractivity contribution in [2.75, 3.05) is 19.7 Å². The summed E-state index contributed by atoms with van der Waals surface area (Å²) in [6.45, 7) is 5.90. The first-order valence-electron chi connectivity index (χ1n) is 9.27. The van der Waals surface area contributed by atoms with Crippen LogP contribution in [0.25, 0.3) is 0 Å². The molecule has 0 spiro atoms. The molecule has 0 unspecified atom stereocenters. The van der Waals surface area contributed by atoms with Crippen molar-refractivity contribution in [3.63, 3.8) is 0 Å². The van der Waals surface area contributed by atoms with E-state index in [2.05, 4.69) is 41.0 Å². The van der Waals surface area contributed by atoms with Crippen molar-refractivity contribution >= 4 is 5.91 Å². The van der Waals surface area contributed by atoms with Crippen LogP contribution in [0.3, 0.4) is 0 Å². The molecule has 0 bridgehead atoms. The molecule has 0 radical (unpaired) electrons. The van der Waals surface area contributed by atoms with E-state index < -0.39 is 0 Å². The highest BCUT2D eigenvalue weighted by molar-refractivity contribution is 5.75. The summed E-state index contributed by atoms with van der Waals surface area (Å²) in [5.41, 5.74) is 1.17. The first kappa shape index (κ1) is 17.4. The fraction of sp³-hybridized carbons (Fsp3) is 0.650. The number of aliphatic hydroxyl groups is 1. The number of hydrogen-bond acceptors (Lipinski definition) is 3. The van der Waals surface area contributed by atoms with Gasteiger partial charge in [-0.25, -0.2) is 0 Å². The quantitative estimate of drug-likeness (QED) is 0.926. The second kappa shape index (κ2) is 7.24. The molecule has 2 saturated heterocycles. The van der Waals surface area contributed by atoms with Gasteiger partial charge in [-0.15, -0.1) is 0 Å². The Balaban J connectivity index is 2.00. The topological polar surface area (TPSA) is 43.8 Å². The third-order valence-electron chi connectivity index (χ3n) is 6.04. The van der Waals surface area contributed by atoms with Gasteiger partial charge in [-0.3, -0.25) is 9.69 Å². The highest BCUT2D eigenvalue weighted by Gasteiger charge is 2.53. The predicted octanol–water partition coefficient (Wildman–Crippen LogP) is 2.98. The Morgan fingerprint density at radius 3 is 2.67 bits per heavy atom. The second-order valence-electron chi connectivity index (χ2n) is 7.49. The Morgan fingerprint density at radius 1 is 1.25 bits per heavy atom. The lowest BCUT2D eigenvalue weighted by Gasteiger charge is -2.45. The molecule has 3 atom stereocenters. The van der Waals surface area contributed by atoms with E-state index in [0.29, 0.717) is 6.54 Å². The van der Waals surface area contributed by atoms with Crippen molar-refractivity contribution < 1.29 is 9.90 Å². The van der Waals surface area contributed by atoms with Gasteiger partial charge in [0.25, 0.3) is 0 Å². The van der Waals surface area contributed by atoms with Gasteiger partial charge in [-0.05, 0) is 38.3 Å². The van der Waals surface area contributed by atoms with Crippen LogP contribution in [0.1, 0.15) is 57.6 Å². The standard InChI is InChI=1S/C20H30N2O2/c1-16(24)22-18(17-9-5-3-6-10-17)15-20(2)19(22)11-7-4-8-12-21(20)13-14-23/h3,5-6,9-10,18-19,23H,4,7-8,11-15H2,1-2H3/t18-,19-,20-/m0/s1. The van der Waals surface area contributed by atoms with Crippen LogP contribution in [0.4, 0.5) is 0 Å². The average molecular weight is 330 g/mol. The van der Waals surface area contributed by atoms with E-state index in [-0.39, 0.29) is 30.1 Å². The molecule has 4 heteroatoms. The molecule has 0 saturated carbocycles. The van der Waals surface area contributed by atoms with E-state index in [9.17, 15) is 9.90 Å². The third kappa shape index (κ3) is 3.09. The number of hydrogen-bond donors (Lipinski definition) is 1. The van der Waals surface area contributed by atoms with Gasteiger partial charge in [0, 0.05) is 19.0 Å². The molecule has 4 nitrogen and oxygen atoms in total. The van der Waals surface area contributed by atoms with Crippen molar-refractivity contribution in [3.05, 3.63) is 35.9 Å². The summed E-state index contributed by atoms with van der Waals surface area (Å²) in [6.07, 6.45) is 5.57. The lowest BCUT2D eigenvalue weighted by molar-refractivity contribution is -0.133. The van der Waals surface area contributed by atoms with Crippen LogP contribution in [0, 0.1) is 0 Å². The molecule has 0 aromatic heterocycles. The minimum Gasteiger partial charge on any atom is -0.395 e. The van der Waals surface area contributed by atoms with Gasteiger partial charge in [0.1, 0.15) is 0 Å². The average Bonchev–Trinajstić information content (AvgIpc) is 2.86. The fourth-order valence-electron chi connectivity index (χ4n) is 4.89.